The Morgan fingerprint density at radius 2 is 1.70 bits per heavy atom. The second kappa shape index (κ2) is 9.05. The summed E-state index contributed by atoms with van der Waals surface area (Å²) in [7, 11) is 0. The van der Waals surface area contributed by atoms with Crippen LogP contribution < -0.4 is 15.4 Å². The van der Waals surface area contributed by atoms with E-state index in [1.807, 2.05) is 0 Å². The third-order valence-corrected chi connectivity index (χ3v) is 2.39. The number of pyridine rings is 1. The van der Waals surface area contributed by atoms with Crippen LogP contribution in [0.3, 0.4) is 0 Å². The van der Waals surface area contributed by atoms with Crippen molar-refractivity contribution in [1.29, 1.82) is 0 Å². The Hall–Kier alpha value is -3.06. The third-order valence-electron chi connectivity index (χ3n) is 2.39. The minimum atomic E-state index is -4.67. The smallest absolute Gasteiger partial charge is 0.422 e. The summed E-state index contributed by atoms with van der Waals surface area (Å²) >= 11 is 0. The van der Waals surface area contributed by atoms with Crippen LogP contribution in [0.5, 0.6) is 5.88 Å². The first-order valence-corrected chi connectivity index (χ1v) is 6.83. The average molecular weight is 403 g/mol. The molecule has 8 nitrogen and oxygen atoms in total. The van der Waals surface area contributed by atoms with E-state index in [0.717, 1.165) is 18.3 Å². The van der Waals surface area contributed by atoms with Gasteiger partial charge in [-0.2, -0.15) is 26.3 Å². The van der Waals surface area contributed by atoms with E-state index in [2.05, 4.69) is 14.5 Å². The fourth-order valence-corrected chi connectivity index (χ4v) is 1.34. The first kappa shape index (κ1) is 22.0. The highest BCUT2D eigenvalue weighted by Gasteiger charge is 2.29. The number of nitrogens with zero attached hydrogens (tertiary/aromatic N) is 1. The maximum absolute atomic E-state index is 12.0. The largest absolute Gasteiger partial charge is 0.468 e. The predicted octanol–water partition coefficient (Wildman–Crippen LogP) is 1.57. The monoisotopic (exact) mass is 403 g/mol. The van der Waals surface area contributed by atoms with Crippen molar-refractivity contribution in [3.63, 3.8) is 0 Å². The van der Waals surface area contributed by atoms with Gasteiger partial charge < -0.3 is 14.8 Å². The Morgan fingerprint density at radius 3 is 2.22 bits per heavy atom. The number of amides is 3. The molecule has 27 heavy (non-hydrogen) atoms. The molecule has 0 saturated heterocycles. The number of rotatable bonds is 6. The number of hydrogen-bond acceptors (Lipinski definition) is 6. The molecule has 3 amide bonds. The minimum absolute atomic E-state index is 0.247. The van der Waals surface area contributed by atoms with Crippen molar-refractivity contribution in [3.8, 4) is 5.88 Å². The highest BCUT2D eigenvalue weighted by molar-refractivity contribution is 5.96. The van der Waals surface area contributed by atoms with Crippen molar-refractivity contribution in [1.82, 2.24) is 15.6 Å². The molecule has 0 unspecified atom stereocenters. The van der Waals surface area contributed by atoms with Gasteiger partial charge in [0.05, 0.1) is 5.56 Å². The quantitative estimate of drug-likeness (QED) is 0.552. The molecule has 1 aromatic heterocycles. The Balaban J connectivity index is 2.41. The molecule has 150 valence electrons. The Morgan fingerprint density at radius 1 is 1.04 bits per heavy atom. The van der Waals surface area contributed by atoms with Crippen LogP contribution in [0.1, 0.15) is 10.4 Å². The van der Waals surface area contributed by atoms with Gasteiger partial charge in [-0.05, 0) is 6.07 Å². The van der Waals surface area contributed by atoms with Gasteiger partial charge in [0.2, 0.25) is 5.88 Å². The topological polar surface area (TPSA) is 107 Å². The third kappa shape index (κ3) is 9.86. The van der Waals surface area contributed by atoms with Crippen molar-refractivity contribution in [2.24, 2.45) is 0 Å². The zero-order valence-electron chi connectivity index (χ0n) is 13.1. The van der Waals surface area contributed by atoms with E-state index in [9.17, 15) is 40.7 Å². The molecule has 0 aromatic carbocycles. The fraction of sp³-hybridized carbons (Fsp3) is 0.385. The summed E-state index contributed by atoms with van der Waals surface area (Å²) in [6.45, 7) is -4.24. The van der Waals surface area contributed by atoms with Gasteiger partial charge in [0, 0.05) is 12.3 Å². The summed E-state index contributed by atoms with van der Waals surface area (Å²) in [6, 6.07) is 0.517. The van der Waals surface area contributed by atoms with Gasteiger partial charge >= 0.3 is 24.4 Å². The zero-order chi connectivity index (χ0) is 20.7. The summed E-state index contributed by atoms with van der Waals surface area (Å²) in [5.41, 5.74) is -0.247. The number of nitrogens with one attached hydrogen (secondary N) is 2. The molecular weight excluding hydrogens is 392 g/mol. The van der Waals surface area contributed by atoms with Crippen molar-refractivity contribution in [3.05, 3.63) is 23.9 Å². The normalized spacial score (nSPS) is 11.5. The average Bonchev–Trinajstić information content (AvgIpc) is 2.55. The number of imide groups is 1. The number of carbonyl (C=O) groups excluding carboxylic acids is 3. The standard InChI is InChI=1S/C13H11F6N3O5/c14-12(15,16)5-21-11(25)22-8(23)4-26-10(24)7-1-2-9(20-3-7)27-6-13(17,18)19/h1-3H,4-6H2,(H2,21,22,23,25). The van der Waals surface area contributed by atoms with Crippen molar-refractivity contribution < 1.29 is 50.2 Å². The molecule has 0 fully saturated rings. The van der Waals surface area contributed by atoms with Gasteiger partial charge in [0.25, 0.3) is 5.91 Å². The first-order valence-electron chi connectivity index (χ1n) is 6.83. The maximum atomic E-state index is 12.0. The highest BCUT2D eigenvalue weighted by atomic mass is 19.4. The number of halogens is 6. The molecule has 0 spiro atoms. The van der Waals surface area contributed by atoms with E-state index in [4.69, 9.17) is 0 Å². The molecule has 1 rings (SSSR count). The predicted molar refractivity (Wildman–Crippen MR) is 73.7 cm³/mol. The van der Waals surface area contributed by atoms with Crippen LogP contribution in [0.4, 0.5) is 31.1 Å². The molecule has 0 radical (unpaired) electrons. The van der Waals surface area contributed by atoms with Gasteiger partial charge in [0.1, 0.15) is 6.54 Å². The van der Waals surface area contributed by atoms with E-state index in [1.165, 1.54) is 10.6 Å². The number of alkyl halides is 6. The van der Waals surface area contributed by atoms with Crippen molar-refractivity contribution >= 4 is 17.9 Å². The number of hydrogen-bond donors (Lipinski definition) is 2. The van der Waals surface area contributed by atoms with E-state index < -0.39 is 55.9 Å². The maximum Gasteiger partial charge on any atom is 0.422 e. The molecule has 1 heterocycles. The van der Waals surface area contributed by atoms with Gasteiger partial charge in [-0.25, -0.2) is 14.6 Å². The van der Waals surface area contributed by atoms with Gasteiger partial charge in [-0.15, -0.1) is 0 Å². The lowest BCUT2D eigenvalue weighted by atomic mass is 10.3. The molecule has 0 aliphatic carbocycles. The summed E-state index contributed by atoms with van der Waals surface area (Å²) in [5, 5.41) is 2.85. The molecule has 2 N–H and O–H groups in total. The Kier molecular flexibility index (Phi) is 7.36. The van der Waals surface area contributed by atoms with E-state index in [1.54, 1.807) is 0 Å². The van der Waals surface area contributed by atoms with Crippen molar-refractivity contribution in [2.75, 3.05) is 19.8 Å². The van der Waals surface area contributed by atoms with Crippen LogP contribution in [-0.2, 0) is 9.53 Å². The molecule has 0 aliphatic rings. The molecule has 0 saturated carbocycles. The van der Waals surface area contributed by atoms with Gasteiger partial charge in [-0.3, -0.25) is 10.1 Å². The lowest BCUT2D eigenvalue weighted by Crippen LogP contribution is -2.44. The fourth-order valence-electron chi connectivity index (χ4n) is 1.34. The molecule has 0 bridgehead atoms. The van der Waals surface area contributed by atoms with Crippen molar-refractivity contribution in [2.45, 2.75) is 12.4 Å². The second-order valence-electron chi connectivity index (χ2n) is 4.71. The summed E-state index contributed by atoms with van der Waals surface area (Å²) in [5.74, 6) is -2.74. The van der Waals surface area contributed by atoms with Gasteiger partial charge in [-0.1, -0.05) is 0 Å². The lowest BCUT2D eigenvalue weighted by molar-refractivity contribution is -0.154. The van der Waals surface area contributed by atoms with Crippen LogP contribution in [-0.4, -0.2) is 55.0 Å². The number of carbonyl (C=O) groups is 3. The van der Waals surface area contributed by atoms with Crippen LogP contribution in [0.15, 0.2) is 18.3 Å². The molecule has 0 atom stereocenters. The highest BCUT2D eigenvalue weighted by Crippen LogP contribution is 2.17. The molecular formula is C13H11F6N3O5. The van der Waals surface area contributed by atoms with Crippen LogP contribution >= 0.6 is 0 Å². The van der Waals surface area contributed by atoms with Gasteiger partial charge in [0.15, 0.2) is 13.2 Å². The van der Waals surface area contributed by atoms with E-state index in [0.29, 0.717) is 0 Å². The number of urea groups is 1. The number of ether oxygens (including phenoxy) is 2. The summed E-state index contributed by atoms with van der Waals surface area (Å²) < 4.78 is 80.3. The Bertz CT molecular complexity index is 675. The second-order valence-corrected chi connectivity index (χ2v) is 4.71. The summed E-state index contributed by atoms with van der Waals surface area (Å²) in [6.07, 6.45) is -8.42. The SMILES string of the molecule is O=C(COC(=O)c1ccc(OCC(F)(F)F)nc1)NC(=O)NCC(F)(F)F. The molecule has 1 aromatic rings. The lowest BCUT2D eigenvalue weighted by Gasteiger charge is -2.10. The first-order chi connectivity index (χ1) is 12.4. The van der Waals surface area contributed by atoms with Crippen LogP contribution in [0.25, 0.3) is 0 Å². The van der Waals surface area contributed by atoms with E-state index in [-0.39, 0.29) is 5.56 Å². The van der Waals surface area contributed by atoms with Crippen LogP contribution in [0, 0.1) is 0 Å². The molecule has 0 aliphatic heterocycles. The van der Waals surface area contributed by atoms with E-state index >= 15 is 0 Å². The number of aromatic nitrogens is 1. The zero-order valence-corrected chi connectivity index (χ0v) is 13.1. The Labute approximate surface area is 146 Å². The number of esters is 1. The minimum Gasteiger partial charge on any atom is -0.468 e. The molecule has 14 heteroatoms. The van der Waals surface area contributed by atoms with Crippen LogP contribution in [0.2, 0.25) is 0 Å². The summed E-state index contributed by atoms with van der Waals surface area (Å²) in [4.78, 5) is 37.3.